The molecule has 0 saturated heterocycles. The van der Waals surface area contributed by atoms with E-state index in [9.17, 15) is 0 Å². The van der Waals surface area contributed by atoms with Crippen molar-refractivity contribution < 1.29 is 0 Å². The smallest absolute Gasteiger partial charge is 0.179 e. The summed E-state index contributed by atoms with van der Waals surface area (Å²) >= 11 is 0. The first-order valence-electron chi connectivity index (χ1n) is 48.7. The van der Waals surface area contributed by atoms with Crippen molar-refractivity contribution in [1.29, 1.82) is 0 Å². The van der Waals surface area contributed by atoms with Crippen LogP contribution in [0.2, 0.25) is 0 Å². The third-order valence-corrected chi connectivity index (χ3v) is 37.9. The zero-order valence-electron chi connectivity index (χ0n) is 79.0. The summed E-state index contributed by atoms with van der Waals surface area (Å²) < 4.78 is 4.88. The highest BCUT2D eigenvalue weighted by molar-refractivity contribution is 7.20. The van der Waals surface area contributed by atoms with E-state index in [1.807, 2.05) is 0 Å². The van der Waals surface area contributed by atoms with E-state index in [0.717, 1.165) is 45.5 Å². The summed E-state index contributed by atoms with van der Waals surface area (Å²) in [4.78, 5) is 4.71. The van der Waals surface area contributed by atoms with Crippen molar-refractivity contribution in [2.75, 3.05) is 9.80 Å². The van der Waals surface area contributed by atoms with E-state index in [1.54, 1.807) is 0 Å². The molecule has 6 heteroatoms. The Kier molecular flexibility index (Phi) is 23.9. The van der Waals surface area contributed by atoms with E-state index in [4.69, 9.17) is 0 Å². The number of para-hydroxylation sites is 2. The van der Waals surface area contributed by atoms with Crippen molar-refractivity contribution >= 4 is 135 Å². The fourth-order valence-corrected chi connectivity index (χ4v) is 30.7. The highest BCUT2D eigenvalue weighted by atomic mass is 28.3. The van der Waals surface area contributed by atoms with Crippen molar-refractivity contribution in [2.45, 2.75) is 20.8 Å². The summed E-state index contributed by atoms with van der Waals surface area (Å²) in [5.41, 5.74) is 31.7. The Balaban J connectivity index is 0.000000157. The summed E-state index contributed by atoms with van der Waals surface area (Å²) in [6.45, 7) is 6.56. The SMILES string of the molecule is Cc1ccc([Si](c2ccc(C)cc2)(c2ccc(C)cc2)c2ccc3c(c2)c2cc(-c4ccc(N(c5ccc(-c6ccccc6)cc5)c5ccc(-c6ccccc6)cc5)cc4)ccc2n3-c2ccccc2)cc1.c1ccc(-c2ccc(N(c3ccc(-c4ccccc4)cc3)c3ccc(-c4ccc5c(c4)c4ccccc4n5-c4ccc([Si](c5ccccc5)(c5ccccc5)c5ccccc5)cc4)cc3)cc2)cc1. The molecule has 0 bridgehead atoms. The molecule has 0 aliphatic rings. The standard InChI is InChI=1S/C69H54N2Si.C66H48N2Si/c1-49-19-38-62(39-20-49)72(63-40-21-50(2)22-41-63,64-42-23-51(3)24-43-64)65-44-46-69-67(48-65)66-47-57(31-45-68(66)71(69)58-17-11-6-12-18-58)56-29-36-61(37-30-56)70(59-32-25-54(26-33-59)52-13-7-4-8-14-52)60-34-27-55(28-35-60)53-15-9-5-10-16-53;1-6-18-49(19-7-1)51-30-37-55(38-31-51)67(56-39-32-52(33-40-56)50-20-8-2-9-21-50)57-41-34-53(35-42-57)54-36-47-66-64(48-54)63-28-16-17-29-65(63)68(66)58-43-45-62(46-44-58)69(59-22-10-3-11-23-59,60-24-12-4-13-25-60)61-26-14-5-15-27-61/h4-48H,1-3H3;1-48H. The van der Waals surface area contributed by atoms with Gasteiger partial charge in [0.2, 0.25) is 0 Å². The van der Waals surface area contributed by atoms with E-state index in [0.29, 0.717) is 0 Å². The van der Waals surface area contributed by atoms with Gasteiger partial charge in [-0.25, -0.2) is 0 Å². The molecule has 0 radical (unpaired) electrons. The minimum atomic E-state index is -2.85. The van der Waals surface area contributed by atoms with Crippen LogP contribution in [0.25, 0.3) is 122 Å². The van der Waals surface area contributed by atoms with Gasteiger partial charge in [-0.15, -0.1) is 0 Å². The summed E-state index contributed by atoms with van der Waals surface area (Å²) in [6, 6.07) is 208. The third kappa shape index (κ3) is 16.9. The normalized spacial score (nSPS) is 11.5. The predicted molar refractivity (Wildman–Crippen MR) is 605 cm³/mol. The summed E-state index contributed by atoms with van der Waals surface area (Å²) in [7, 11) is -5.50. The average Bonchev–Trinajstić information content (AvgIpc) is 1.66. The number of nitrogens with zero attached hydrogens (tertiary/aromatic N) is 4. The molecule has 0 unspecified atom stereocenters. The van der Waals surface area contributed by atoms with Gasteiger partial charge in [0.15, 0.2) is 16.1 Å². The Bertz CT molecular complexity index is 8090. The second kappa shape index (κ2) is 38.6. The zero-order chi connectivity index (χ0) is 94.6. The third-order valence-electron chi connectivity index (χ3n) is 28.4. The van der Waals surface area contributed by atoms with Crippen molar-refractivity contribution in [3.05, 3.63) is 581 Å². The maximum absolute atomic E-state index is 2.85. The molecule has 670 valence electrons. The van der Waals surface area contributed by atoms with Crippen LogP contribution in [0.1, 0.15) is 16.7 Å². The number of hydrogen-bond donors (Lipinski definition) is 0. The molecule has 0 N–H and O–H groups in total. The molecule has 2 heterocycles. The monoisotopic (exact) mass is 1830 g/mol. The van der Waals surface area contributed by atoms with Crippen LogP contribution in [0.3, 0.4) is 0 Å². The largest absolute Gasteiger partial charge is 0.311 e. The summed E-state index contributed by atoms with van der Waals surface area (Å²) in [6.07, 6.45) is 0. The Morgan fingerprint density at radius 1 is 0.142 bits per heavy atom. The van der Waals surface area contributed by atoms with Gasteiger partial charge in [-0.2, -0.15) is 0 Å². The number of anilines is 6. The number of aromatic nitrogens is 2. The lowest BCUT2D eigenvalue weighted by atomic mass is 10.0. The Morgan fingerprint density at radius 2 is 0.340 bits per heavy atom. The average molecular weight is 1840 g/mol. The van der Waals surface area contributed by atoms with Gasteiger partial charge in [-0.1, -0.05) is 447 Å². The van der Waals surface area contributed by atoms with E-state index in [-0.39, 0.29) is 0 Å². The van der Waals surface area contributed by atoms with Crippen molar-refractivity contribution in [3.8, 4) is 78.1 Å². The molecule has 141 heavy (non-hydrogen) atoms. The van der Waals surface area contributed by atoms with Gasteiger partial charge in [-0.3, -0.25) is 0 Å². The lowest BCUT2D eigenvalue weighted by molar-refractivity contribution is 1.18. The van der Waals surface area contributed by atoms with Crippen LogP contribution in [0, 0.1) is 20.8 Å². The molecule has 0 aliphatic carbocycles. The number of benzene rings is 22. The Morgan fingerprint density at radius 3 is 0.652 bits per heavy atom. The summed E-state index contributed by atoms with van der Waals surface area (Å²) in [5.74, 6) is 0. The van der Waals surface area contributed by atoms with Gasteiger partial charge in [0.05, 0.1) is 22.1 Å². The van der Waals surface area contributed by atoms with Crippen LogP contribution >= 0.6 is 0 Å². The second-order valence-corrected chi connectivity index (χ2v) is 44.5. The molecule has 0 amide bonds. The molecule has 2 aromatic heterocycles. The van der Waals surface area contributed by atoms with E-state index >= 15 is 0 Å². The van der Waals surface area contributed by atoms with Crippen LogP contribution < -0.4 is 51.3 Å². The number of fused-ring (bicyclic) bond motifs is 6. The molecule has 24 rings (SSSR count). The fourth-order valence-electron chi connectivity index (χ4n) is 21.3. The maximum Gasteiger partial charge on any atom is 0.179 e. The van der Waals surface area contributed by atoms with Gasteiger partial charge >= 0.3 is 0 Å². The topological polar surface area (TPSA) is 16.3 Å². The molecule has 24 aromatic rings. The Hall–Kier alpha value is -17.5. The molecule has 22 aromatic carbocycles. The molecule has 0 aliphatic heterocycles. The van der Waals surface area contributed by atoms with E-state index in [2.05, 4.69) is 604 Å². The fraction of sp³-hybridized carbons (Fsp3) is 0.0222. The minimum Gasteiger partial charge on any atom is -0.311 e. The lowest BCUT2D eigenvalue weighted by Gasteiger charge is -2.35. The van der Waals surface area contributed by atoms with Gasteiger partial charge < -0.3 is 18.9 Å². The van der Waals surface area contributed by atoms with Crippen molar-refractivity contribution in [3.63, 3.8) is 0 Å². The molecule has 4 nitrogen and oxygen atoms in total. The lowest BCUT2D eigenvalue weighted by Crippen LogP contribution is -2.74. The van der Waals surface area contributed by atoms with Gasteiger partial charge in [0.1, 0.15) is 0 Å². The predicted octanol–water partition coefficient (Wildman–Crippen LogP) is 30.2. The second-order valence-electron chi connectivity index (χ2n) is 36.9. The number of hydrogen-bond acceptors (Lipinski definition) is 2. The van der Waals surface area contributed by atoms with Gasteiger partial charge in [0.25, 0.3) is 0 Å². The van der Waals surface area contributed by atoms with Crippen LogP contribution in [0.15, 0.2) is 564 Å². The first kappa shape index (κ1) is 87.5. The van der Waals surface area contributed by atoms with Crippen LogP contribution in [0.4, 0.5) is 34.1 Å². The van der Waals surface area contributed by atoms with E-state index < -0.39 is 16.1 Å². The highest BCUT2D eigenvalue weighted by Crippen LogP contribution is 2.44. The quantitative estimate of drug-likeness (QED) is 0.0497. The van der Waals surface area contributed by atoms with Crippen LogP contribution in [-0.2, 0) is 0 Å². The minimum absolute atomic E-state index is 1.09. The van der Waals surface area contributed by atoms with Crippen LogP contribution in [0.5, 0.6) is 0 Å². The number of rotatable bonds is 22. The van der Waals surface area contributed by atoms with Crippen LogP contribution in [-0.4, -0.2) is 25.3 Å². The molecule has 0 spiro atoms. The maximum atomic E-state index is 2.54. The zero-order valence-corrected chi connectivity index (χ0v) is 81.0. The van der Waals surface area contributed by atoms with Gasteiger partial charge in [0, 0.05) is 67.0 Å². The first-order chi connectivity index (χ1) is 69.6. The molecular formula is C135H102N4Si2. The van der Waals surface area contributed by atoms with Crippen molar-refractivity contribution in [1.82, 2.24) is 9.13 Å². The molecular weight excluding hydrogens is 1730 g/mol. The Labute approximate surface area is 827 Å². The molecule has 0 fully saturated rings. The highest BCUT2D eigenvalue weighted by Gasteiger charge is 2.44. The summed E-state index contributed by atoms with van der Waals surface area (Å²) in [5, 5.41) is 15.9. The van der Waals surface area contributed by atoms with Crippen molar-refractivity contribution in [2.24, 2.45) is 0 Å². The number of aryl methyl sites for hydroxylation is 3. The molecule has 0 saturated carbocycles. The van der Waals surface area contributed by atoms with Gasteiger partial charge in [-0.05, 0) is 262 Å². The molecule has 0 atom stereocenters. The van der Waals surface area contributed by atoms with E-state index in [1.165, 1.54) is 169 Å². The first-order valence-corrected chi connectivity index (χ1v) is 52.7.